The Kier molecular flexibility index (Phi) is 5.91. The zero-order valence-corrected chi connectivity index (χ0v) is 17.9. The lowest BCUT2D eigenvalue weighted by molar-refractivity contribution is -0.133. The largest absolute Gasteiger partial charge is 0.338 e. The van der Waals surface area contributed by atoms with Crippen molar-refractivity contribution in [3.63, 3.8) is 0 Å². The molecule has 1 saturated heterocycles. The minimum Gasteiger partial charge on any atom is -0.338 e. The van der Waals surface area contributed by atoms with Crippen LogP contribution in [0.3, 0.4) is 0 Å². The first-order valence-electron chi connectivity index (χ1n) is 10.3. The summed E-state index contributed by atoms with van der Waals surface area (Å²) in [4.78, 5) is 40.9. The van der Waals surface area contributed by atoms with Gasteiger partial charge in [0.1, 0.15) is 0 Å². The molecule has 2 aliphatic heterocycles. The van der Waals surface area contributed by atoms with Gasteiger partial charge in [0.05, 0.1) is 22.6 Å². The van der Waals surface area contributed by atoms with Crippen LogP contribution in [-0.2, 0) is 21.1 Å². The maximum absolute atomic E-state index is 13.1. The molecular weight excluding hydrogens is 416 g/mol. The second-order valence-electron chi connectivity index (χ2n) is 7.94. The fourth-order valence-electron chi connectivity index (χ4n) is 4.22. The van der Waals surface area contributed by atoms with E-state index in [9.17, 15) is 22.8 Å². The molecule has 1 fully saturated rings. The van der Waals surface area contributed by atoms with Crippen LogP contribution in [-0.4, -0.2) is 66.6 Å². The third-order valence-electron chi connectivity index (χ3n) is 5.88. The Bertz CT molecular complexity index is 1080. The standard InChI is InChI=1S/C23H24N2O5S/c26-21(11-14-25-22(27)19-8-4-5-9-20(19)23(25)28)24(18-12-15-31(29,30)16-18)13-10-17-6-2-1-3-7-17/h1-9,18H,10-16H2/t18-/m0/s1. The Morgan fingerprint density at radius 2 is 1.58 bits per heavy atom. The summed E-state index contributed by atoms with van der Waals surface area (Å²) in [6.45, 7) is 0.373. The lowest BCUT2D eigenvalue weighted by atomic mass is 10.1. The molecule has 0 aliphatic carbocycles. The molecular formula is C23H24N2O5S. The van der Waals surface area contributed by atoms with Crippen LogP contribution < -0.4 is 0 Å². The second kappa shape index (κ2) is 8.63. The highest BCUT2D eigenvalue weighted by Crippen LogP contribution is 2.24. The van der Waals surface area contributed by atoms with Crippen molar-refractivity contribution in [1.29, 1.82) is 0 Å². The van der Waals surface area contributed by atoms with Gasteiger partial charge in [0, 0.05) is 25.6 Å². The maximum atomic E-state index is 13.1. The van der Waals surface area contributed by atoms with Gasteiger partial charge in [-0.2, -0.15) is 0 Å². The molecule has 4 rings (SSSR count). The molecule has 0 N–H and O–H groups in total. The van der Waals surface area contributed by atoms with Gasteiger partial charge in [-0.3, -0.25) is 19.3 Å². The monoisotopic (exact) mass is 440 g/mol. The van der Waals surface area contributed by atoms with Gasteiger partial charge < -0.3 is 4.90 Å². The highest BCUT2D eigenvalue weighted by atomic mass is 32.2. The summed E-state index contributed by atoms with van der Waals surface area (Å²) < 4.78 is 24.0. The van der Waals surface area contributed by atoms with Crippen molar-refractivity contribution in [1.82, 2.24) is 9.80 Å². The van der Waals surface area contributed by atoms with E-state index in [1.807, 2.05) is 30.3 Å². The number of rotatable bonds is 7. The molecule has 0 spiro atoms. The highest BCUT2D eigenvalue weighted by molar-refractivity contribution is 7.91. The first-order valence-corrected chi connectivity index (χ1v) is 12.2. The molecule has 31 heavy (non-hydrogen) atoms. The van der Waals surface area contributed by atoms with Crippen LogP contribution in [0.15, 0.2) is 54.6 Å². The van der Waals surface area contributed by atoms with Gasteiger partial charge in [0.2, 0.25) is 5.91 Å². The average molecular weight is 441 g/mol. The lowest BCUT2D eigenvalue weighted by Crippen LogP contribution is -2.44. The van der Waals surface area contributed by atoms with Crippen molar-refractivity contribution in [3.8, 4) is 0 Å². The summed E-state index contributed by atoms with van der Waals surface area (Å²) >= 11 is 0. The zero-order valence-electron chi connectivity index (χ0n) is 17.1. The first kappa shape index (κ1) is 21.2. The van der Waals surface area contributed by atoms with Crippen LogP contribution in [0.4, 0.5) is 0 Å². The van der Waals surface area contributed by atoms with Crippen molar-refractivity contribution in [2.24, 2.45) is 0 Å². The molecule has 0 aromatic heterocycles. The molecule has 8 heteroatoms. The van der Waals surface area contributed by atoms with E-state index in [4.69, 9.17) is 0 Å². The summed E-state index contributed by atoms with van der Waals surface area (Å²) in [5.74, 6) is -0.999. The van der Waals surface area contributed by atoms with E-state index in [0.29, 0.717) is 30.5 Å². The predicted octanol–water partition coefficient (Wildman–Crippen LogP) is 1.93. The molecule has 162 valence electrons. The number of carbonyl (C=O) groups excluding carboxylic acids is 3. The fourth-order valence-corrected chi connectivity index (χ4v) is 5.95. The number of imide groups is 1. The van der Waals surface area contributed by atoms with Gasteiger partial charge in [-0.1, -0.05) is 42.5 Å². The van der Waals surface area contributed by atoms with Crippen LogP contribution in [0.1, 0.15) is 39.1 Å². The van der Waals surface area contributed by atoms with E-state index in [2.05, 4.69) is 0 Å². The Morgan fingerprint density at radius 1 is 0.968 bits per heavy atom. The molecule has 7 nitrogen and oxygen atoms in total. The Hall–Kier alpha value is -3.00. The van der Waals surface area contributed by atoms with E-state index in [1.165, 1.54) is 0 Å². The first-order chi connectivity index (χ1) is 14.9. The normalized spacial score (nSPS) is 19.5. The molecule has 0 radical (unpaired) electrons. The smallest absolute Gasteiger partial charge is 0.261 e. The molecule has 0 saturated carbocycles. The number of amides is 3. The van der Waals surface area contributed by atoms with Gasteiger partial charge >= 0.3 is 0 Å². The summed E-state index contributed by atoms with van der Waals surface area (Å²) in [5, 5.41) is 0. The third-order valence-corrected chi connectivity index (χ3v) is 7.63. The molecule has 0 bridgehead atoms. The molecule has 0 unspecified atom stereocenters. The Morgan fingerprint density at radius 3 is 2.16 bits per heavy atom. The number of hydrogen-bond donors (Lipinski definition) is 0. The van der Waals surface area contributed by atoms with Crippen molar-refractivity contribution in [2.75, 3.05) is 24.6 Å². The number of fused-ring (bicyclic) bond motifs is 1. The van der Waals surface area contributed by atoms with Crippen LogP contribution in [0.5, 0.6) is 0 Å². The van der Waals surface area contributed by atoms with Gasteiger partial charge in [-0.25, -0.2) is 8.42 Å². The van der Waals surface area contributed by atoms with E-state index < -0.39 is 21.7 Å². The average Bonchev–Trinajstić information content (AvgIpc) is 3.24. The quantitative estimate of drug-likeness (QED) is 0.614. The Labute approximate surface area is 181 Å². The van der Waals surface area contributed by atoms with Crippen molar-refractivity contribution in [3.05, 3.63) is 71.3 Å². The van der Waals surface area contributed by atoms with Crippen molar-refractivity contribution in [2.45, 2.75) is 25.3 Å². The minimum absolute atomic E-state index is 0.0213. The second-order valence-corrected chi connectivity index (χ2v) is 10.2. The highest BCUT2D eigenvalue weighted by Gasteiger charge is 2.37. The number of carbonyl (C=O) groups is 3. The number of hydrogen-bond acceptors (Lipinski definition) is 5. The number of sulfone groups is 1. The van der Waals surface area contributed by atoms with E-state index in [0.717, 1.165) is 10.5 Å². The SMILES string of the molecule is O=C1c2ccccc2C(=O)N1CCC(=O)N(CCc1ccccc1)[C@H]1CCS(=O)(=O)C1. The summed E-state index contributed by atoms with van der Waals surface area (Å²) in [5.41, 5.74) is 1.76. The minimum atomic E-state index is -3.15. The fraction of sp³-hybridized carbons (Fsp3) is 0.348. The Balaban J connectivity index is 1.44. The predicted molar refractivity (Wildman–Crippen MR) is 115 cm³/mol. The zero-order chi connectivity index (χ0) is 22.0. The van der Waals surface area contributed by atoms with E-state index in [-0.39, 0.29) is 36.4 Å². The maximum Gasteiger partial charge on any atom is 0.261 e. The van der Waals surface area contributed by atoms with Crippen LogP contribution in [0, 0.1) is 0 Å². The third kappa shape index (κ3) is 4.54. The van der Waals surface area contributed by atoms with Crippen LogP contribution in [0.25, 0.3) is 0 Å². The topological polar surface area (TPSA) is 91.8 Å². The van der Waals surface area contributed by atoms with E-state index >= 15 is 0 Å². The van der Waals surface area contributed by atoms with E-state index in [1.54, 1.807) is 29.2 Å². The van der Waals surface area contributed by atoms with Gasteiger partial charge in [0.25, 0.3) is 11.8 Å². The summed E-state index contributed by atoms with van der Waals surface area (Å²) in [6, 6.07) is 15.9. The molecule has 1 atom stereocenters. The number of nitrogens with zero attached hydrogens (tertiary/aromatic N) is 2. The van der Waals surface area contributed by atoms with Crippen molar-refractivity contribution >= 4 is 27.6 Å². The molecule has 2 aromatic rings. The molecule has 3 amide bonds. The molecule has 2 aliphatic rings. The summed E-state index contributed by atoms with van der Waals surface area (Å²) in [6.07, 6.45) is 0.989. The van der Waals surface area contributed by atoms with Gasteiger partial charge in [0.15, 0.2) is 9.84 Å². The lowest BCUT2D eigenvalue weighted by Gasteiger charge is -2.29. The molecule has 2 heterocycles. The van der Waals surface area contributed by atoms with Crippen LogP contribution >= 0.6 is 0 Å². The van der Waals surface area contributed by atoms with Gasteiger partial charge in [-0.15, -0.1) is 0 Å². The summed E-state index contributed by atoms with van der Waals surface area (Å²) in [7, 11) is -3.15. The van der Waals surface area contributed by atoms with Crippen LogP contribution in [0.2, 0.25) is 0 Å². The number of benzene rings is 2. The molecule has 2 aromatic carbocycles. The van der Waals surface area contributed by atoms with Crippen molar-refractivity contribution < 1.29 is 22.8 Å². The van der Waals surface area contributed by atoms with Gasteiger partial charge in [-0.05, 0) is 30.5 Å².